The molecule has 6 heteroatoms. The Morgan fingerprint density at radius 1 is 1.10 bits per heavy atom. The molecule has 2 aromatic rings. The highest BCUT2D eigenvalue weighted by molar-refractivity contribution is 6.55. The van der Waals surface area contributed by atoms with Gasteiger partial charge in [0.1, 0.15) is 22.6 Å². The number of benzene rings is 2. The van der Waals surface area contributed by atoms with Gasteiger partial charge in [0.25, 0.3) is 0 Å². The topological polar surface area (TPSA) is 39.7 Å². The van der Waals surface area contributed by atoms with Crippen LogP contribution in [0.3, 0.4) is 0 Å². The summed E-state index contributed by atoms with van der Waals surface area (Å²) in [5, 5.41) is 0. The van der Waals surface area contributed by atoms with Gasteiger partial charge >= 0.3 is 0 Å². The zero-order chi connectivity index (χ0) is 21.1. The van der Waals surface area contributed by atoms with Crippen molar-refractivity contribution in [2.45, 2.75) is 26.7 Å². The van der Waals surface area contributed by atoms with Crippen molar-refractivity contribution in [3.63, 3.8) is 0 Å². The van der Waals surface area contributed by atoms with Crippen LogP contribution in [0.25, 0.3) is 5.70 Å². The van der Waals surface area contributed by atoms with Gasteiger partial charge in [0.2, 0.25) is 0 Å². The lowest BCUT2D eigenvalue weighted by molar-refractivity contribution is 0.0685. The summed E-state index contributed by atoms with van der Waals surface area (Å²) < 4.78 is 11.9. The third-order valence-corrected chi connectivity index (χ3v) is 4.46. The predicted molar refractivity (Wildman–Crippen MR) is 121 cm³/mol. The lowest BCUT2D eigenvalue weighted by atomic mass is 10.1. The van der Waals surface area contributed by atoms with Crippen LogP contribution >= 0.6 is 23.2 Å². The van der Waals surface area contributed by atoms with Crippen LogP contribution < -0.4 is 15.0 Å². The van der Waals surface area contributed by atoms with E-state index in [4.69, 9.17) is 37.5 Å². The zero-order valence-electron chi connectivity index (χ0n) is 16.8. The van der Waals surface area contributed by atoms with E-state index in [2.05, 4.69) is 19.0 Å². The monoisotopic (exact) mass is 435 g/mol. The first-order valence-corrected chi connectivity index (χ1v) is 10.3. The molecular weight excluding hydrogens is 409 g/mol. The number of nitrogens with one attached hydrogen (secondary N) is 1. The summed E-state index contributed by atoms with van der Waals surface area (Å²) >= 11 is 11.2. The molecular formula is C23H27Cl2NO3. The van der Waals surface area contributed by atoms with E-state index in [1.54, 1.807) is 6.08 Å². The second-order valence-electron chi connectivity index (χ2n) is 6.38. The molecule has 0 atom stereocenters. The summed E-state index contributed by atoms with van der Waals surface area (Å²) in [4.78, 5) is 5.48. The maximum absolute atomic E-state index is 6.01. The normalized spacial score (nSPS) is 10.3. The molecule has 0 radical (unpaired) electrons. The van der Waals surface area contributed by atoms with E-state index in [0.29, 0.717) is 19.8 Å². The van der Waals surface area contributed by atoms with E-state index in [9.17, 15) is 0 Å². The van der Waals surface area contributed by atoms with Crippen LogP contribution in [0, 0.1) is 6.92 Å². The van der Waals surface area contributed by atoms with Crippen LogP contribution in [0.5, 0.6) is 11.5 Å². The van der Waals surface area contributed by atoms with E-state index in [1.807, 2.05) is 49.4 Å². The third kappa shape index (κ3) is 8.01. The van der Waals surface area contributed by atoms with Gasteiger partial charge in [-0.15, -0.1) is 0 Å². The second-order valence-corrected chi connectivity index (χ2v) is 7.39. The minimum atomic E-state index is 0.196. The molecule has 0 saturated carbocycles. The van der Waals surface area contributed by atoms with E-state index >= 15 is 0 Å². The van der Waals surface area contributed by atoms with E-state index < -0.39 is 0 Å². The van der Waals surface area contributed by atoms with Crippen LogP contribution in [0.4, 0.5) is 0 Å². The average molecular weight is 436 g/mol. The third-order valence-electron chi connectivity index (χ3n) is 4.15. The van der Waals surface area contributed by atoms with Crippen LogP contribution in [0.2, 0.25) is 0 Å². The number of hydroxylamine groups is 1. The summed E-state index contributed by atoms with van der Waals surface area (Å²) in [5.41, 5.74) is 6.73. The number of hydrogen-bond acceptors (Lipinski definition) is 4. The summed E-state index contributed by atoms with van der Waals surface area (Å²) in [6, 6.07) is 13.8. The average Bonchev–Trinajstić information content (AvgIpc) is 2.71. The molecule has 0 spiro atoms. The molecule has 156 valence electrons. The standard InChI is InChI=1S/C23H27Cl2NO3/c1-4-19-16-21(27-14-11-22(24)25)15-17(2)23(19)28-12-8-13-29-26-18(3)20-9-6-5-7-10-20/h5-7,9-11,15-16,26H,3-4,8,12-14H2,1-2H3. The molecule has 0 aliphatic rings. The van der Waals surface area contributed by atoms with Gasteiger partial charge in [-0.05, 0) is 48.2 Å². The van der Waals surface area contributed by atoms with E-state index in [-0.39, 0.29) is 4.49 Å². The molecule has 2 rings (SSSR count). The molecule has 4 nitrogen and oxygen atoms in total. The quantitative estimate of drug-likeness (QED) is 0.317. The first-order chi connectivity index (χ1) is 14.0. The molecule has 29 heavy (non-hydrogen) atoms. The zero-order valence-corrected chi connectivity index (χ0v) is 18.4. The Balaban J connectivity index is 1.78. The van der Waals surface area contributed by atoms with Gasteiger partial charge < -0.3 is 9.47 Å². The van der Waals surface area contributed by atoms with Crippen molar-refractivity contribution >= 4 is 28.9 Å². The highest BCUT2D eigenvalue weighted by Gasteiger charge is 2.09. The fourth-order valence-electron chi connectivity index (χ4n) is 2.71. The van der Waals surface area contributed by atoms with Crippen LogP contribution in [-0.4, -0.2) is 19.8 Å². The first kappa shape index (κ1) is 23.1. The second kappa shape index (κ2) is 12.4. The first-order valence-electron chi connectivity index (χ1n) is 9.53. The smallest absolute Gasteiger partial charge is 0.125 e. The lowest BCUT2D eigenvalue weighted by Crippen LogP contribution is -2.15. The molecule has 0 fully saturated rings. The molecule has 0 aliphatic carbocycles. The van der Waals surface area contributed by atoms with Crippen molar-refractivity contribution < 1.29 is 14.3 Å². The minimum Gasteiger partial charge on any atom is -0.493 e. The van der Waals surface area contributed by atoms with Gasteiger partial charge in [-0.1, -0.05) is 67.0 Å². The number of halogens is 2. The summed E-state index contributed by atoms with van der Waals surface area (Å²) in [6.07, 6.45) is 3.19. The van der Waals surface area contributed by atoms with Crippen molar-refractivity contribution in [2.75, 3.05) is 19.8 Å². The maximum Gasteiger partial charge on any atom is 0.125 e. The number of ether oxygens (including phenoxy) is 2. The molecule has 0 aromatic heterocycles. The van der Waals surface area contributed by atoms with Crippen LogP contribution in [-0.2, 0) is 11.3 Å². The Bertz CT molecular complexity index is 818. The largest absolute Gasteiger partial charge is 0.493 e. The van der Waals surface area contributed by atoms with Crippen molar-refractivity contribution in [3.05, 3.63) is 76.3 Å². The Kier molecular flexibility index (Phi) is 9.92. The van der Waals surface area contributed by atoms with Gasteiger partial charge in [-0.2, -0.15) is 0 Å². The van der Waals surface area contributed by atoms with Crippen LogP contribution in [0.15, 0.2) is 59.6 Å². The fraction of sp³-hybridized carbons (Fsp3) is 0.304. The highest BCUT2D eigenvalue weighted by atomic mass is 35.5. The molecule has 0 heterocycles. The summed E-state index contributed by atoms with van der Waals surface area (Å²) in [7, 11) is 0. The fourth-order valence-corrected chi connectivity index (χ4v) is 2.83. The number of aryl methyl sites for hydroxylation is 2. The van der Waals surface area contributed by atoms with Gasteiger partial charge in [-0.25, -0.2) is 0 Å². The predicted octanol–water partition coefficient (Wildman–Crippen LogP) is 6.22. The van der Waals surface area contributed by atoms with Crippen molar-refractivity contribution in [2.24, 2.45) is 0 Å². The van der Waals surface area contributed by atoms with Gasteiger partial charge in [0, 0.05) is 6.42 Å². The Morgan fingerprint density at radius 2 is 1.86 bits per heavy atom. The minimum absolute atomic E-state index is 0.196. The molecule has 0 saturated heterocycles. The Morgan fingerprint density at radius 3 is 2.55 bits per heavy atom. The molecule has 0 aliphatic heterocycles. The molecule has 0 unspecified atom stereocenters. The summed E-state index contributed by atoms with van der Waals surface area (Å²) in [6.45, 7) is 9.45. The van der Waals surface area contributed by atoms with Crippen molar-refractivity contribution in [3.8, 4) is 11.5 Å². The van der Waals surface area contributed by atoms with Gasteiger partial charge in [0.05, 0.1) is 18.9 Å². The SMILES string of the molecule is C=C(NOCCCOc1c(C)cc(OCC=C(Cl)Cl)cc1CC)c1ccccc1. The number of rotatable bonds is 12. The van der Waals surface area contributed by atoms with Gasteiger partial charge in [0.15, 0.2) is 0 Å². The van der Waals surface area contributed by atoms with E-state index in [0.717, 1.165) is 46.7 Å². The Hall–Kier alpha value is -2.14. The molecule has 1 N–H and O–H groups in total. The molecule has 0 bridgehead atoms. The molecule has 0 amide bonds. The number of hydrogen-bond donors (Lipinski definition) is 1. The molecule has 2 aromatic carbocycles. The maximum atomic E-state index is 6.01. The van der Waals surface area contributed by atoms with Crippen LogP contribution in [0.1, 0.15) is 30.0 Å². The highest BCUT2D eigenvalue weighted by Crippen LogP contribution is 2.30. The van der Waals surface area contributed by atoms with Gasteiger partial charge in [-0.3, -0.25) is 10.3 Å². The van der Waals surface area contributed by atoms with Crippen molar-refractivity contribution in [1.29, 1.82) is 0 Å². The van der Waals surface area contributed by atoms with Crippen molar-refractivity contribution in [1.82, 2.24) is 5.48 Å². The Labute approximate surface area is 183 Å². The van der Waals surface area contributed by atoms with E-state index in [1.165, 1.54) is 0 Å². The summed E-state index contributed by atoms with van der Waals surface area (Å²) in [5.74, 6) is 1.66. The lowest BCUT2D eigenvalue weighted by Gasteiger charge is -2.16.